The number of allylic oxidation sites excluding steroid dienone is 1. The number of nitrogen functional groups attached to an aromatic ring is 1. The highest BCUT2D eigenvalue weighted by Gasteiger charge is 2.32. The first kappa shape index (κ1) is 42.9. The molecule has 1 aliphatic heterocycles. The van der Waals surface area contributed by atoms with E-state index in [1.165, 1.54) is 0 Å². The lowest BCUT2D eigenvalue weighted by Gasteiger charge is -2.26. The van der Waals surface area contributed by atoms with Gasteiger partial charge in [-0.15, -0.1) is 0 Å². The van der Waals surface area contributed by atoms with Crippen LogP contribution in [-0.2, 0) is 0 Å². The van der Waals surface area contributed by atoms with Gasteiger partial charge in [0.1, 0.15) is 51.8 Å². The van der Waals surface area contributed by atoms with Crippen molar-refractivity contribution in [3.63, 3.8) is 0 Å². The van der Waals surface area contributed by atoms with Crippen molar-refractivity contribution in [1.82, 2.24) is 29.9 Å². The normalized spacial score (nSPS) is 12.9. The number of aromatic nitrogens is 6. The Labute approximate surface area is 392 Å². The number of benzene rings is 3. The third-order valence-corrected chi connectivity index (χ3v) is 11.9. The Kier molecular flexibility index (Phi) is 10.8. The number of aryl methyl sites for hydroxylation is 3. The van der Waals surface area contributed by atoms with Crippen molar-refractivity contribution < 1.29 is 13.6 Å². The minimum Gasteiger partial charge on any atom is -0.439 e. The molecule has 12 rings (SSSR count). The molecule has 0 radical (unpaired) electrons. The van der Waals surface area contributed by atoms with Crippen molar-refractivity contribution in [2.45, 2.75) is 26.7 Å². The van der Waals surface area contributed by atoms with Crippen molar-refractivity contribution in [3.05, 3.63) is 189 Å². The highest BCUT2D eigenvalue weighted by atomic mass is 16.5. The number of pyridine rings is 3. The molecule has 332 valence electrons. The lowest BCUT2D eigenvalue weighted by atomic mass is 9.83. The van der Waals surface area contributed by atoms with Crippen LogP contribution in [0.1, 0.15) is 44.9 Å². The number of ether oxygens (including phenoxy) is 1. The van der Waals surface area contributed by atoms with Gasteiger partial charge in [0.05, 0.1) is 11.4 Å². The number of aromatic amines is 2. The molecule has 6 N–H and O–H groups in total. The Morgan fingerprint density at radius 1 is 0.609 bits per heavy atom. The van der Waals surface area contributed by atoms with Gasteiger partial charge < -0.3 is 35.0 Å². The predicted octanol–water partition coefficient (Wildman–Crippen LogP) is 10.4. The molecule has 0 spiro atoms. The second-order valence-electron chi connectivity index (χ2n) is 16.4. The Morgan fingerprint density at radius 2 is 1.20 bits per heavy atom. The highest BCUT2D eigenvalue weighted by molar-refractivity contribution is 6.10. The summed E-state index contributed by atoms with van der Waals surface area (Å²) >= 11 is 0. The van der Waals surface area contributed by atoms with Gasteiger partial charge in [0.25, 0.3) is 0 Å². The minimum atomic E-state index is -0.634. The van der Waals surface area contributed by atoms with E-state index >= 15 is 0 Å². The van der Waals surface area contributed by atoms with Crippen LogP contribution in [0, 0.1) is 54.8 Å². The number of hydrogen-bond acceptors (Lipinski definition) is 13. The van der Waals surface area contributed by atoms with Crippen LogP contribution < -0.4 is 21.8 Å². The maximum atomic E-state index is 12.3. The number of nitrogens with two attached hydrogens (primary N) is 2. The van der Waals surface area contributed by atoms with E-state index < -0.39 is 5.63 Å². The smallest absolute Gasteiger partial charge is 0.354 e. The molecule has 0 saturated heterocycles. The second kappa shape index (κ2) is 17.4. The summed E-state index contributed by atoms with van der Waals surface area (Å²) in [6.07, 6.45) is 15.8. The van der Waals surface area contributed by atoms with E-state index in [0.717, 1.165) is 88.0 Å². The summed E-state index contributed by atoms with van der Waals surface area (Å²) < 4.78 is 17.0. The summed E-state index contributed by atoms with van der Waals surface area (Å²) in [6.45, 7) is 5.85. The molecule has 0 bridgehead atoms. The molecule has 0 fully saturated rings. The zero-order chi connectivity index (χ0) is 47.9. The topological polar surface area (TPSA) is 259 Å². The largest absolute Gasteiger partial charge is 0.439 e. The molecule has 0 amide bonds. The van der Waals surface area contributed by atoms with Crippen LogP contribution in [-0.4, -0.2) is 29.9 Å². The summed E-state index contributed by atoms with van der Waals surface area (Å²) in [6, 6.07) is 29.5. The zero-order valence-corrected chi connectivity index (χ0v) is 37.1. The van der Waals surface area contributed by atoms with Gasteiger partial charge >= 0.3 is 5.63 Å². The van der Waals surface area contributed by atoms with Crippen LogP contribution in [0.5, 0.6) is 5.75 Å². The van der Waals surface area contributed by atoms with Crippen molar-refractivity contribution in [2.24, 2.45) is 5.73 Å². The standard InChI is InChI=1S/C18H14N4O.C18H12N4O.C18H11N3O2/c2*1-10-6-11(9-21-8-10)16-13-2-3-15-12(4-5-22-15)17(13)23-18(20)14(16)7-19;1-10-6-11(9-20-8-10)16-13-2-3-15-12(4-5-21-15)17(13)23-18(22)14(16)7-19/h2-6,8-9,16,22H,20H2,1H3;2-6,8-9H,20H2,1H3;2-6,8-9,21H,1H3. The van der Waals surface area contributed by atoms with E-state index in [-0.39, 0.29) is 23.2 Å². The van der Waals surface area contributed by atoms with Crippen LogP contribution in [0.25, 0.3) is 76.9 Å². The molecular formula is C54H37N11O4. The molecule has 15 nitrogen and oxygen atoms in total. The molecule has 1 aliphatic rings. The van der Waals surface area contributed by atoms with Crippen molar-refractivity contribution in [1.29, 1.82) is 15.8 Å². The number of anilines is 1. The molecule has 3 aromatic carbocycles. The molecule has 15 heteroatoms. The van der Waals surface area contributed by atoms with Gasteiger partial charge in [-0.1, -0.05) is 12.1 Å². The first-order valence-electron chi connectivity index (χ1n) is 21.5. The average molecular weight is 904 g/mol. The van der Waals surface area contributed by atoms with Gasteiger partial charge in [0.15, 0.2) is 0 Å². The van der Waals surface area contributed by atoms with E-state index in [2.05, 4.69) is 42.0 Å². The lowest BCUT2D eigenvalue weighted by Crippen LogP contribution is -2.21. The monoisotopic (exact) mass is 903 g/mol. The van der Waals surface area contributed by atoms with Gasteiger partial charge in [0, 0.05) is 122 Å². The fourth-order valence-electron chi connectivity index (χ4n) is 8.90. The number of rotatable bonds is 3. The molecule has 0 saturated carbocycles. The van der Waals surface area contributed by atoms with Gasteiger partial charge in [-0.2, -0.15) is 15.8 Å². The molecular weight excluding hydrogens is 867 g/mol. The van der Waals surface area contributed by atoms with Gasteiger partial charge in [0.2, 0.25) is 11.8 Å². The van der Waals surface area contributed by atoms with Crippen LogP contribution in [0.2, 0.25) is 0 Å². The number of fused-ring (bicyclic) bond motifs is 9. The highest BCUT2D eigenvalue weighted by Crippen LogP contribution is 2.45. The summed E-state index contributed by atoms with van der Waals surface area (Å²) in [5.74, 6) is 0.688. The number of nitrogens with zero attached hydrogens (tertiary/aromatic N) is 7. The number of nitrogens with one attached hydrogen (secondary N) is 2. The van der Waals surface area contributed by atoms with E-state index in [4.69, 9.17) is 25.0 Å². The first-order valence-corrected chi connectivity index (χ1v) is 21.5. The summed E-state index contributed by atoms with van der Waals surface area (Å²) in [7, 11) is 0. The third kappa shape index (κ3) is 7.56. The van der Waals surface area contributed by atoms with Crippen LogP contribution >= 0.6 is 0 Å². The molecule has 9 heterocycles. The minimum absolute atomic E-state index is 0.000198. The Balaban J connectivity index is 0.000000120. The summed E-state index contributed by atoms with van der Waals surface area (Å²) in [5, 5.41) is 32.7. The van der Waals surface area contributed by atoms with Gasteiger partial charge in [-0.3, -0.25) is 19.9 Å². The molecule has 0 aliphatic carbocycles. The quantitative estimate of drug-likeness (QED) is 0.120. The summed E-state index contributed by atoms with van der Waals surface area (Å²) in [5.41, 5.74) is 23.7. The van der Waals surface area contributed by atoms with Crippen LogP contribution in [0.3, 0.4) is 0 Å². The van der Waals surface area contributed by atoms with E-state index in [9.17, 15) is 20.6 Å². The van der Waals surface area contributed by atoms with Crippen molar-refractivity contribution >= 4 is 60.5 Å². The fourth-order valence-corrected chi connectivity index (χ4v) is 8.90. The van der Waals surface area contributed by atoms with Gasteiger partial charge in [-0.05, 0) is 104 Å². The van der Waals surface area contributed by atoms with Gasteiger partial charge in [-0.25, -0.2) is 4.79 Å². The molecule has 8 aromatic heterocycles. The Bertz CT molecular complexity index is 4100. The SMILES string of the molecule is Cc1cncc(-c2c(C#N)c(=O)oc3c2ccc2[nH]ccc23)c1.Cc1cncc(-c2c(C#N)c(N)oc3c2ccc2nccc23)c1.Cc1cncc(C2C(C#N)=C(N)Oc3c2ccc2[nH]ccc32)c1. The molecule has 69 heavy (non-hydrogen) atoms. The van der Waals surface area contributed by atoms with Crippen molar-refractivity contribution in [3.8, 4) is 46.2 Å². The molecule has 1 atom stereocenters. The number of hydrogen-bond donors (Lipinski definition) is 4. The van der Waals surface area contributed by atoms with E-state index in [0.29, 0.717) is 33.6 Å². The number of H-pyrrole nitrogens is 2. The zero-order valence-electron chi connectivity index (χ0n) is 37.1. The lowest BCUT2D eigenvalue weighted by molar-refractivity contribution is 0.398. The Morgan fingerprint density at radius 3 is 1.86 bits per heavy atom. The van der Waals surface area contributed by atoms with E-state index in [1.54, 1.807) is 49.6 Å². The molecule has 1 unspecified atom stereocenters. The predicted molar refractivity (Wildman–Crippen MR) is 262 cm³/mol. The third-order valence-electron chi connectivity index (χ3n) is 11.9. The van der Waals surface area contributed by atoms with Crippen molar-refractivity contribution in [2.75, 3.05) is 5.73 Å². The maximum Gasteiger partial charge on any atom is 0.354 e. The Hall–Kier alpha value is -10.0. The average Bonchev–Trinajstić information content (AvgIpc) is 4.16. The van der Waals surface area contributed by atoms with Crippen LogP contribution in [0.4, 0.5) is 5.88 Å². The summed E-state index contributed by atoms with van der Waals surface area (Å²) in [4.78, 5) is 35.5. The second-order valence-corrected chi connectivity index (χ2v) is 16.4. The maximum absolute atomic E-state index is 12.3. The fraction of sp³-hybridized carbons (Fsp3) is 0.0741. The molecule has 11 aromatic rings. The first-order chi connectivity index (χ1) is 33.6. The van der Waals surface area contributed by atoms with Crippen LogP contribution in [0.15, 0.2) is 154 Å². The van der Waals surface area contributed by atoms with E-state index in [1.807, 2.05) is 106 Å². The number of nitriles is 3.